The number of ether oxygens (including phenoxy) is 1. The standard InChI is InChI=1S/C18H19NO3S/c1-3-16-13-22-18(15-7-5-4-6-8-15)19(16)23(20,21)17-11-9-14(2)10-12-17/h3-12,16,18H,1,13H2,2H3/t16-,18-/m0/s1. The number of hydrogen-bond acceptors (Lipinski definition) is 3. The molecule has 0 amide bonds. The summed E-state index contributed by atoms with van der Waals surface area (Å²) >= 11 is 0. The topological polar surface area (TPSA) is 46.6 Å². The largest absolute Gasteiger partial charge is 0.356 e. The van der Waals surface area contributed by atoms with Gasteiger partial charge in [-0.25, -0.2) is 8.42 Å². The molecule has 3 rings (SSSR count). The smallest absolute Gasteiger partial charge is 0.246 e. The molecule has 120 valence electrons. The lowest BCUT2D eigenvalue weighted by Gasteiger charge is -2.26. The van der Waals surface area contributed by atoms with Crippen LogP contribution in [-0.4, -0.2) is 25.4 Å². The number of rotatable bonds is 4. The lowest BCUT2D eigenvalue weighted by Crippen LogP contribution is -2.37. The second-order valence-electron chi connectivity index (χ2n) is 5.55. The molecular weight excluding hydrogens is 310 g/mol. The van der Waals surface area contributed by atoms with E-state index in [9.17, 15) is 8.42 Å². The highest BCUT2D eigenvalue weighted by atomic mass is 32.2. The van der Waals surface area contributed by atoms with Gasteiger partial charge < -0.3 is 4.74 Å². The van der Waals surface area contributed by atoms with E-state index in [4.69, 9.17) is 4.74 Å². The van der Waals surface area contributed by atoms with Crippen LogP contribution in [0.3, 0.4) is 0 Å². The third-order valence-electron chi connectivity index (χ3n) is 3.94. The highest BCUT2D eigenvalue weighted by Crippen LogP contribution is 2.36. The molecule has 4 nitrogen and oxygen atoms in total. The summed E-state index contributed by atoms with van der Waals surface area (Å²) in [5.74, 6) is 0. The quantitative estimate of drug-likeness (QED) is 0.809. The van der Waals surface area contributed by atoms with Crippen LogP contribution < -0.4 is 0 Å². The number of sulfonamides is 1. The van der Waals surface area contributed by atoms with Crippen LogP contribution in [0.5, 0.6) is 0 Å². The van der Waals surface area contributed by atoms with Crippen molar-refractivity contribution in [1.82, 2.24) is 4.31 Å². The maximum Gasteiger partial charge on any atom is 0.246 e. The Morgan fingerprint density at radius 2 is 1.78 bits per heavy atom. The summed E-state index contributed by atoms with van der Waals surface area (Å²) in [6.45, 7) is 5.98. The Morgan fingerprint density at radius 1 is 1.13 bits per heavy atom. The monoisotopic (exact) mass is 329 g/mol. The summed E-state index contributed by atoms with van der Waals surface area (Å²) < 4.78 is 33.4. The van der Waals surface area contributed by atoms with Crippen LogP contribution in [0.1, 0.15) is 17.4 Å². The molecule has 0 N–H and O–H groups in total. The fraction of sp³-hybridized carbons (Fsp3) is 0.222. The van der Waals surface area contributed by atoms with E-state index >= 15 is 0 Å². The molecule has 5 heteroatoms. The average Bonchev–Trinajstić information content (AvgIpc) is 3.01. The lowest BCUT2D eigenvalue weighted by molar-refractivity contribution is 0.0682. The van der Waals surface area contributed by atoms with E-state index in [0.29, 0.717) is 6.61 Å². The zero-order valence-electron chi connectivity index (χ0n) is 12.9. The first-order valence-corrected chi connectivity index (χ1v) is 8.87. The zero-order chi connectivity index (χ0) is 16.4. The summed E-state index contributed by atoms with van der Waals surface area (Å²) in [7, 11) is -3.68. The number of hydrogen-bond donors (Lipinski definition) is 0. The van der Waals surface area contributed by atoms with E-state index in [1.165, 1.54) is 4.31 Å². The van der Waals surface area contributed by atoms with Crippen molar-refractivity contribution in [2.24, 2.45) is 0 Å². The molecule has 2 atom stereocenters. The van der Waals surface area contributed by atoms with Crippen LogP contribution in [0, 0.1) is 6.92 Å². The Morgan fingerprint density at radius 3 is 2.39 bits per heavy atom. The SMILES string of the molecule is C=C[C@H]1CO[C@@H](c2ccccc2)N1S(=O)(=O)c1ccc(C)cc1. The van der Waals surface area contributed by atoms with Gasteiger partial charge in [0.1, 0.15) is 0 Å². The summed E-state index contributed by atoms with van der Waals surface area (Å²) in [4.78, 5) is 0.265. The molecule has 2 aromatic rings. The number of benzene rings is 2. The van der Waals surface area contributed by atoms with Gasteiger partial charge in [0.25, 0.3) is 0 Å². The Kier molecular flexibility index (Phi) is 4.35. The van der Waals surface area contributed by atoms with E-state index in [1.807, 2.05) is 37.3 Å². The molecule has 0 aromatic heterocycles. The molecule has 1 aliphatic rings. The molecule has 0 aliphatic carbocycles. The summed E-state index contributed by atoms with van der Waals surface area (Å²) in [5.41, 5.74) is 1.83. The maximum absolute atomic E-state index is 13.1. The highest BCUT2D eigenvalue weighted by molar-refractivity contribution is 7.89. The van der Waals surface area contributed by atoms with Gasteiger partial charge in [-0.05, 0) is 24.6 Å². The second kappa shape index (κ2) is 6.28. The van der Waals surface area contributed by atoms with E-state index in [0.717, 1.165) is 11.1 Å². The van der Waals surface area contributed by atoms with Gasteiger partial charge in [-0.2, -0.15) is 4.31 Å². The fourth-order valence-corrected chi connectivity index (χ4v) is 4.34. The number of aryl methyl sites for hydroxylation is 1. The van der Waals surface area contributed by atoms with E-state index in [-0.39, 0.29) is 10.9 Å². The molecule has 0 bridgehead atoms. The van der Waals surface area contributed by atoms with Crippen molar-refractivity contribution in [2.75, 3.05) is 6.61 Å². The Bertz CT molecular complexity index is 785. The van der Waals surface area contributed by atoms with Crippen LogP contribution in [0.2, 0.25) is 0 Å². The van der Waals surface area contributed by atoms with Gasteiger partial charge >= 0.3 is 0 Å². The minimum Gasteiger partial charge on any atom is -0.356 e. The first-order chi connectivity index (χ1) is 11.0. The van der Waals surface area contributed by atoms with Crippen LogP contribution >= 0.6 is 0 Å². The highest BCUT2D eigenvalue weighted by Gasteiger charge is 2.42. The van der Waals surface area contributed by atoms with Gasteiger partial charge in [-0.15, -0.1) is 6.58 Å². The van der Waals surface area contributed by atoms with E-state index in [1.54, 1.807) is 30.3 Å². The third kappa shape index (κ3) is 2.95. The van der Waals surface area contributed by atoms with Crippen molar-refractivity contribution in [3.05, 3.63) is 78.4 Å². The molecule has 1 fully saturated rings. The van der Waals surface area contributed by atoms with Gasteiger partial charge in [-0.1, -0.05) is 54.1 Å². The normalized spacial score (nSPS) is 22.1. The van der Waals surface area contributed by atoms with Gasteiger partial charge in [0.15, 0.2) is 6.23 Å². The van der Waals surface area contributed by atoms with Crippen LogP contribution in [0.25, 0.3) is 0 Å². The fourth-order valence-electron chi connectivity index (χ4n) is 2.68. The van der Waals surface area contributed by atoms with Crippen molar-refractivity contribution < 1.29 is 13.2 Å². The number of nitrogens with zero attached hydrogens (tertiary/aromatic N) is 1. The van der Waals surface area contributed by atoms with Crippen molar-refractivity contribution in [3.63, 3.8) is 0 Å². The van der Waals surface area contributed by atoms with Crippen molar-refractivity contribution >= 4 is 10.0 Å². The molecule has 0 spiro atoms. The summed E-state index contributed by atoms with van der Waals surface area (Å²) in [6.07, 6.45) is 0.986. The van der Waals surface area contributed by atoms with E-state index in [2.05, 4.69) is 6.58 Å². The van der Waals surface area contributed by atoms with Gasteiger partial charge in [0.05, 0.1) is 17.5 Å². The maximum atomic E-state index is 13.1. The van der Waals surface area contributed by atoms with Gasteiger partial charge in [-0.3, -0.25) is 0 Å². The molecule has 0 radical (unpaired) electrons. The van der Waals surface area contributed by atoms with Crippen molar-refractivity contribution in [3.8, 4) is 0 Å². The Hall–Kier alpha value is -1.95. The molecule has 23 heavy (non-hydrogen) atoms. The molecule has 0 saturated carbocycles. The van der Waals surface area contributed by atoms with Crippen molar-refractivity contribution in [1.29, 1.82) is 0 Å². The lowest BCUT2D eigenvalue weighted by atomic mass is 10.2. The van der Waals surface area contributed by atoms with Gasteiger partial charge in [0.2, 0.25) is 10.0 Å². The average molecular weight is 329 g/mol. The predicted molar refractivity (Wildman–Crippen MR) is 89.3 cm³/mol. The molecule has 1 heterocycles. The van der Waals surface area contributed by atoms with Crippen LogP contribution in [0.15, 0.2) is 72.1 Å². The Labute approximate surface area is 137 Å². The molecular formula is C18H19NO3S. The predicted octanol–water partition coefficient (Wildman–Crippen LogP) is 3.27. The molecule has 0 unspecified atom stereocenters. The molecule has 2 aromatic carbocycles. The minimum atomic E-state index is -3.68. The van der Waals surface area contributed by atoms with Crippen LogP contribution in [-0.2, 0) is 14.8 Å². The Balaban J connectivity index is 2.05. The van der Waals surface area contributed by atoms with Crippen LogP contribution in [0.4, 0.5) is 0 Å². The van der Waals surface area contributed by atoms with E-state index < -0.39 is 16.3 Å². The van der Waals surface area contributed by atoms with Crippen molar-refractivity contribution in [2.45, 2.75) is 24.1 Å². The van der Waals surface area contributed by atoms with Gasteiger partial charge in [0, 0.05) is 0 Å². The third-order valence-corrected chi connectivity index (χ3v) is 5.82. The zero-order valence-corrected chi connectivity index (χ0v) is 13.7. The molecule has 1 saturated heterocycles. The first-order valence-electron chi connectivity index (χ1n) is 7.43. The first kappa shape index (κ1) is 15.9. The minimum absolute atomic E-state index is 0.265. The molecule has 1 aliphatic heterocycles. The summed E-state index contributed by atoms with van der Waals surface area (Å²) in [6, 6.07) is 15.8. The summed E-state index contributed by atoms with van der Waals surface area (Å²) in [5, 5.41) is 0. The second-order valence-corrected chi connectivity index (χ2v) is 7.39.